The van der Waals surface area contributed by atoms with Gasteiger partial charge in [-0.05, 0) is 36.6 Å². The van der Waals surface area contributed by atoms with Crippen LogP contribution in [-0.4, -0.2) is 37.1 Å². The first-order valence-electron chi connectivity index (χ1n) is 7.46. The summed E-state index contributed by atoms with van der Waals surface area (Å²) in [6.45, 7) is 14.3. The van der Waals surface area contributed by atoms with E-state index in [9.17, 15) is 0 Å². The minimum atomic E-state index is 0.369. The maximum Gasteiger partial charge on any atom is 0.0243 e. The van der Waals surface area contributed by atoms with Crippen LogP contribution >= 0.6 is 0 Å². The molecule has 1 heterocycles. The van der Waals surface area contributed by atoms with E-state index in [1.54, 1.807) is 0 Å². The summed E-state index contributed by atoms with van der Waals surface area (Å²) in [5, 5.41) is 3.67. The lowest BCUT2D eigenvalue weighted by Gasteiger charge is -2.35. The van der Waals surface area contributed by atoms with Crippen molar-refractivity contribution in [3.05, 3.63) is 0 Å². The Morgan fingerprint density at radius 3 is 2.24 bits per heavy atom. The average molecular weight is 238 g/mol. The quantitative estimate of drug-likeness (QED) is 0.810. The molecule has 3 unspecified atom stereocenters. The number of nitrogens with one attached hydrogen (secondary N) is 1. The van der Waals surface area contributed by atoms with E-state index < -0.39 is 0 Å². The fourth-order valence-electron chi connectivity index (χ4n) is 3.63. The van der Waals surface area contributed by atoms with Crippen LogP contribution < -0.4 is 5.32 Å². The molecule has 1 N–H and O–H groups in total. The van der Waals surface area contributed by atoms with E-state index in [1.165, 1.54) is 38.9 Å². The second kappa shape index (κ2) is 5.27. The Morgan fingerprint density at radius 2 is 1.76 bits per heavy atom. The number of likely N-dealkylation sites (N-methyl/N-ethyl adjacent to an activating group) is 1. The Kier molecular flexibility index (Phi) is 4.14. The van der Waals surface area contributed by atoms with Crippen LogP contribution in [0.2, 0.25) is 0 Å². The normalized spacial score (nSPS) is 31.8. The van der Waals surface area contributed by atoms with E-state index in [0.29, 0.717) is 11.5 Å². The standard InChI is InChI=1S/C15H30N2/c1-5-16-14(15(2,3)4)11-17-9-12-7-6-8-13(12)10-17/h12-14,16H,5-11H2,1-4H3. The number of fused-ring (bicyclic) bond motifs is 1. The third-order valence-electron chi connectivity index (χ3n) is 4.74. The monoisotopic (exact) mass is 238 g/mol. The van der Waals surface area contributed by atoms with E-state index in [2.05, 4.69) is 37.9 Å². The molecule has 0 bridgehead atoms. The van der Waals surface area contributed by atoms with Gasteiger partial charge in [-0.15, -0.1) is 0 Å². The molecule has 1 aliphatic heterocycles. The summed E-state index contributed by atoms with van der Waals surface area (Å²) >= 11 is 0. The zero-order valence-electron chi connectivity index (χ0n) is 12.1. The third kappa shape index (κ3) is 3.23. The van der Waals surface area contributed by atoms with Crippen LogP contribution in [0.15, 0.2) is 0 Å². The predicted octanol–water partition coefficient (Wildman–Crippen LogP) is 2.74. The Morgan fingerprint density at radius 1 is 1.18 bits per heavy atom. The van der Waals surface area contributed by atoms with Gasteiger partial charge in [-0.2, -0.15) is 0 Å². The molecule has 0 aromatic carbocycles. The summed E-state index contributed by atoms with van der Waals surface area (Å²) in [4.78, 5) is 2.72. The van der Waals surface area contributed by atoms with Gasteiger partial charge in [-0.1, -0.05) is 34.1 Å². The van der Waals surface area contributed by atoms with E-state index in [4.69, 9.17) is 0 Å². The molecular weight excluding hydrogens is 208 g/mol. The van der Waals surface area contributed by atoms with Crippen LogP contribution in [0.5, 0.6) is 0 Å². The van der Waals surface area contributed by atoms with Gasteiger partial charge in [0.2, 0.25) is 0 Å². The van der Waals surface area contributed by atoms with Crippen molar-refractivity contribution in [2.75, 3.05) is 26.2 Å². The van der Waals surface area contributed by atoms with Gasteiger partial charge in [-0.25, -0.2) is 0 Å². The second-order valence-corrected chi connectivity index (χ2v) is 7.15. The predicted molar refractivity (Wildman–Crippen MR) is 74.2 cm³/mol. The maximum absolute atomic E-state index is 3.67. The Hall–Kier alpha value is -0.0800. The molecule has 2 rings (SSSR count). The summed E-state index contributed by atoms with van der Waals surface area (Å²) in [7, 11) is 0. The molecule has 100 valence electrons. The van der Waals surface area contributed by atoms with Crippen LogP contribution in [0.3, 0.4) is 0 Å². The van der Waals surface area contributed by atoms with Gasteiger partial charge in [0.05, 0.1) is 0 Å². The zero-order valence-corrected chi connectivity index (χ0v) is 12.1. The molecule has 2 fully saturated rings. The first kappa shape index (κ1) is 13.4. The fraction of sp³-hybridized carbons (Fsp3) is 1.00. The van der Waals surface area contributed by atoms with Gasteiger partial charge in [0.25, 0.3) is 0 Å². The SMILES string of the molecule is CCNC(CN1CC2CCCC2C1)C(C)(C)C. The average Bonchev–Trinajstić information content (AvgIpc) is 2.75. The Bertz CT molecular complexity index is 232. The molecule has 1 saturated carbocycles. The van der Waals surface area contributed by atoms with Crippen LogP contribution in [0.4, 0.5) is 0 Å². The van der Waals surface area contributed by atoms with E-state index in [0.717, 1.165) is 18.4 Å². The summed E-state index contributed by atoms with van der Waals surface area (Å²) in [6, 6.07) is 0.631. The van der Waals surface area contributed by atoms with Gasteiger partial charge < -0.3 is 10.2 Å². The van der Waals surface area contributed by atoms with Gasteiger partial charge in [-0.3, -0.25) is 0 Å². The van der Waals surface area contributed by atoms with Crippen molar-refractivity contribution in [1.82, 2.24) is 10.2 Å². The molecule has 2 nitrogen and oxygen atoms in total. The van der Waals surface area contributed by atoms with Crippen LogP contribution in [0.25, 0.3) is 0 Å². The van der Waals surface area contributed by atoms with E-state index in [-0.39, 0.29) is 0 Å². The summed E-state index contributed by atoms with van der Waals surface area (Å²) in [5.74, 6) is 2.05. The molecule has 0 aromatic rings. The van der Waals surface area contributed by atoms with E-state index >= 15 is 0 Å². The van der Waals surface area contributed by atoms with Crippen molar-refractivity contribution in [2.24, 2.45) is 17.3 Å². The molecule has 17 heavy (non-hydrogen) atoms. The van der Waals surface area contributed by atoms with Crippen molar-refractivity contribution in [3.8, 4) is 0 Å². The van der Waals surface area contributed by atoms with Gasteiger partial charge in [0.15, 0.2) is 0 Å². The van der Waals surface area contributed by atoms with Crippen molar-refractivity contribution in [3.63, 3.8) is 0 Å². The molecule has 0 radical (unpaired) electrons. The lowest BCUT2D eigenvalue weighted by molar-refractivity contribution is 0.188. The highest BCUT2D eigenvalue weighted by Gasteiger charge is 2.37. The van der Waals surface area contributed by atoms with Gasteiger partial charge in [0, 0.05) is 25.7 Å². The Balaban J connectivity index is 1.87. The maximum atomic E-state index is 3.67. The van der Waals surface area contributed by atoms with Gasteiger partial charge in [0.1, 0.15) is 0 Å². The highest BCUT2D eigenvalue weighted by molar-refractivity contribution is 4.92. The fourth-order valence-corrected chi connectivity index (χ4v) is 3.63. The van der Waals surface area contributed by atoms with Crippen LogP contribution in [-0.2, 0) is 0 Å². The number of rotatable bonds is 4. The third-order valence-corrected chi connectivity index (χ3v) is 4.74. The van der Waals surface area contributed by atoms with Crippen molar-refractivity contribution < 1.29 is 0 Å². The Labute approximate surface area is 107 Å². The van der Waals surface area contributed by atoms with Crippen molar-refractivity contribution in [1.29, 1.82) is 0 Å². The highest BCUT2D eigenvalue weighted by Crippen LogP contribution is 2.38. The second-order valence-electron chi connectivity index (χ2n) is 7.15. The lowest BCUT2D eigenvalue weighted by Crippen LogP contribution is -2.48. The number of nitrogens with zero attached hydrogens (tertiary/aromatic N) is 1. The first-order chi connectivity index (χ1) is 8.00. The molecule has 0 aromatic heterocycles. The number of likely N-dealkylation sites (tertiary alicyclic amines) is 1. The summed E-state index contributed by atoms with van der Waals surface area (Å²) in [6.07, 6.45) is 4.46. The zero-order chi connectivity index (χ0) is 12.5. The minimum absolute atomic E-state index is 0.369. The highest BCUT2D eigenvalue weighted by atomic mass is 15.2. The minimum Gasteiger partial charge on any atom is -0.312 e. The number of hydrogen-bond donors (Lipinski definition) is 1. The largest absolute Gasteiger partial charge is 0.312 e. The molecular formula is C15H30N2. The molecule has 1 aliphatic carbocycles. The van der Waals surface area contributed by atoms with Crippen LogP contribution in [0.1, 0.15) is 47.0 Å². The summed E-state index contributed by atoms with van der Waals surface area (Å²) in [5.41, 5.74) is 0.369. The molecule has 2 heteroatoms. The van der Waals surface area contributed by atoms with Crippen LogP contribution in [0, 0.1) is 17.3 Å². The molecule has 1 saturated heterocycles. The molecule has 2 aliphatic rings. The lowest BCUT2D eigenvalue weighted by atomic mass is 9.86. The van der Waals surface area contributed by atoms with Gasteiger partial charge >= 0.3 is 0 Å². The first-order valence-corrected chi connectivity index (χ1v) is 7.46. The number of hydrogen-bond acceptors (Lipinski definition) is 2. The summed E-state index contributed by atoms with van der Waals surface area (Å²) < 4.78 is 0. The topological polar surface area (TPSA) is 15.3 Å². The molecule has 0 amide bonds. The van der Waals surface area contributed by atoms with Crippen molar-refractivity contribution >= 4 is 0 Å². The molecule has 0 spiro atoms. The smallest absolute Gasteiger partial charge is 0.0243 e. The van der Waals surface area contributed by atoms with Crippen molar-refractivity contribution in [2.45, 2.75) is 53.0 Å². The van der Waals surface area contributed by atoms with E-state index in [1.807, 2.05) is 0 Å². The molecule has 3 atom stereocenters.